The fourth-order valence-electron chi connectivity index (χ4n) is 4.53. The first kappa shape index (κ1) is 17.8. The molecule has 2 atom stereocenters. The summed E-state index contributed by atoms with van der Waals surface area (Å²) in [6.45, 7) is 4.32. The monoisotopic (exact) mass is 358 g/mol. The summed E-state index contributed by atoms with van der Waals surface area (Å²) in [4.78, 5) is 17.6. The number of nitrogens with zero attached hydrogens (tertiary/aromatic N) is 2. The Hall–Kier alpha value is -1.59. The Morgan fingerprint density at radius 2 is 1.96 bits per heavy atom. The van der Waals surface area contributed by atoms with Crippen molar-refractivity contribution in [3.8, 4) is 5.75 Å². The van der Waals surface area contributed by atoms with Gasteiger partial charge in [-0.2, -0.15) is 0 Å². The zero-order valence-electron chi connectivity index (χ0n) is 15.9. The maximum atomic E-state index is 12.9. The van der Waals surface area contributed by atoms with Gasteiger partial charge < -0.3 is 14.4 Å². The van der Waals surface area contributed by atoms with Crippen molar-refractivity contribution >= 4 is 5.91 Å². The molecule has 3 heterocycles. The maximum absolute atomic E-state index is 12.9. The van der Waals surface area contributed by atoms with Crippen LogP contribution < -0.4 is 4.74 Å². The van der Waals surface area contributed by atoms with Crippen molar-refractivity contribution in [2.45, 2.75) is 44.9 Å². The Morgan fingerprint density at radius 1 is 1.12 bits per heavy atom. The van der Waals surface area contributed by atoms with Crippen LogP contribution in [0.3, 0.4) is 0 Å². The molecular weight excluding hydrogens is 328 g/mol. The van der Waals surface area contributed by atoms with E-state index < -0.39 is 0 Å². The standard InChI is InChI=1S/C21H30N2O3/c1-25-14-18-9-16(5-8-20(18)26-2)10-22-12-17-6-7-19(13-22)23(21(17)24)11-15-3-4-15/h5,8-9,15,17,19H,3-4,6-7,10-14H2,1-2H3/t17-,19+/m0/s1. The summed E-state index contributed by atoms with van der Waals surface area (Å²) in [6, 6.07) is 6.74. The van der Waals surface area contributed by atoms with E-state index >= 15 is 0 Å². The van der Waals surface area contributed by atoms with Gasteiger partial charge in [-0.25, -0.2) is 0 Å². The average Bonchev–Trinajstić information content (AvgIpc) is 3.46. The molecule has 1 saturated carbocycles. The topological polar surface area (TPSA) is 42.0 Å². The van der Waals surface area contributed by atoms with Gasteiger partial charge in [-0.05, 0) is 49.3 Å². The fourth-order valence-corrected chi connectivity index (χ4v) is 4.53. The molecule has 1 aromatic rings. The van der Waals surface area contributed by atoms with Crippen LogP contribution in [-0.4, -0.2) is 55.6 Å². The van der Waals surface area contributed by atoms with Crippen LogP contribution in [0.5, 0.6) is 5.75 Å². The number of carbonyl (C=O) groups is 1. The molecule has 1 amide bonds. The van der Waals surface area contributed by atoms with Crippen molar-refractivity contribution in [3.05, 3.63) is 29.3 Å². The van der Waals surface area contributed by atoms with Gasteiger partial charge in [0.05, 0.1) is 19.6 Å². The Morgan fingerprint density at radius 3 is 2.69 bits per heavy atom. The molecule has 142 valence electrons. The normalized spacial score (nSPS) is 26.2. The van der Waals surface area contributed by atoms with Crippen LogP contribution in [0, 0.1) is 11.8 Å². The van der Waals surface area contributed by atoms with Gasteiger partial charge in [0.15, 0.2) is 0 Å². The van der Waals surface area contributed by atoms with E-state index in [-0.39, 0.29) is 5.92 Å². The molecular formula is C21H30N2O3. The molecule has 3 saturated heterocycles. The van der Waals surface area contributed by atoms with Crippen molar-refractivity contribution in [2.75, 3.05) is 33.9 Å². The molecule has 1 aromatic carbocycles. The quantitative estimate of drug-likeness (QED) is 0.752. The highest BCUT2D eigenvalue weighted by molar-refractivity contribution is 5.80. The van der Waals surface area contributed by atoms with Crippen molar-refractivity contribution in [1.29, 1.82) is 0 Å². The summed E-state index contributed by atoms with van der Waals surface area (Å²) in [5.74, 6) is 2.23. The molecule has 0 unspecified atom stereocenters. The second-order valence-electron chi connectivity index (χ2n) is 8.14. The van der Waals surface area contributed by atoms with Gasteiger partial charge in [0, 0.05) is 44.9 Å². The Kier molecular flexibility index (Phi) is 5.18. The lowest BCUT2D eigenvalue weighted by atomic mass is 9.94. The van der Waals surface area contributed by atoms with Gasteiger partial charge in [0.2, 0.25) is 5.91 Å². The summed E-state index contributed by atoms with van der Waals surface area (Å²) in [5, 5.41) is 0. The summed E-state index contributed by atoms with van der Waals surface area (Å²) in [5.41, 5.74) is 2.34. The number of rotatable bonds is 7. The van der Waals surface area contributed by atoms with E-state index in [0.29, 0.717) is 18.6 Å². The van der Waals surface area contributed by atoms with Gasteiger partial charge in [-0.3, -0.25) is 9.69 Å². The van der Waals surface area contributed by atoms with Gasteiger partial charge in [0.25, 0.3) is 0 Å². The van der Waals surface area contributed by atoms with E-state index in [2.05, 4.69) is 21.9 Å². The molecule has 3 aliphatic heterocycles. The van der Waals surface area contributed by atoms with E-state index in [1.807, 2.05) is 6.07 Å². The highest BCUT2D eigenvalue weighted by Gasteiger charge is 2.42. The first-order chi connectivity index (χ1) is 12.7. The fraction of sp³-hybridized carbons (Fsp3) is 0.667. The molecule has 4 fully saturated rings. The van der Waals surface area contributed by atoms with Crippen LogP contribution in [0.25, 0.3) is 0 Å². The molecule has 0 aromatic heterocycles. The molecule has 4 aliphatic rings. The lowest BCUT2D eigenvalue weighted by Gasteiger charge is -2.36. The predicted molar refractivity (Wildman–Crippen MR) is 99.9 cm³/mol. The molecule has 0 radical (unpaired) electrons. The zero-order chi connectivity index (χ0) is 18.1. The first-order valence-corrected chi connectivity index (χ1v) is 9.85. The first-order valence-electron chi connectivity index (χ1n) is 9.85. The second kappa shape index (κ2) is 7.57. The minimum absolute atomic E-state index is 0.184. The van der Waals surface area contributed by atoms with E-state index in [1.54, 1.807) is 14.2 Å². The lowest BCUT2D eigenvalue weighted by Crippen LogP contribution is -2.48. The third-order valence-electron chi connectivity index (χ3n) is 6.07. The number of piperidine rings is 1. The number of carbonyl (C=O) groups excluding carboxylic acids is 1. The minimum Gasteiger partial charge on any atom is -0.496 e. The highest BCUT2D eigenvalue weighted by atomic mass is 16.5. The van der Waals surface area contributed by atoms with Crippen LogP contribution in [0.4, 0.5) is 0 Å². The molecule has 5 heteroatoms. The number of benzene rings is 1. The predicted octanol–water partition coefficient (Wildman–Crippen LogP) is 2.67. The Balaban J connectivity index is 1.47. The van der Waals surface area contributed by atoms with Crippen LogP contribution in [-0.2, 0) is 22.7 Å². The summed E-state index contributed by atoms with van der Waals surface area (Å²) in [6.07, 6.45) is 4.83. The number of ether oxygens (including phenoxy) is 2. The molecule has 2 bridgehead atoms. The molecule has 26 heavy (non-hydrogen) atoms. The van der Waals surface area contributed by atoms with Gasteiger partial charge in [-0.1, -0.05) is 6.07 Å². The molecule has 5 rings (SSSR count). The number of methoxy groups -OCH3 is 2. The minimum atomic E-state index is 0.184. The number of hydrogen-bond acceptors (Lipinski definition) is 4. The smallest absolute Gasteiger partial charge is 0.227 e. The average molecular weight is 358 g/mol. The SMILES string of the molecule is COCc1cc(CN2C[C@@H]3CC[C@H](C2)N(CC2CC2)C3=O)ccc1OC. The van der Waals surface area contributed by atoms with E-state index in [4.69, 9.17) is 9.47 Å². The van der Waals surface area contributed by atoms with Crippen LogP contribution >= 0.6 is 0 Å². The van der Waals surface area contributed by atoms with E-state index in [1.165, 1.54) is 18.4 Å². The summed E-state index contributed by atoms with van der Waals surface area (Å²) in [7, 11) is 3.40. The number of amides is 1. The lowest BCUT2D eigenvalue weighted by molar-refractivity contribution is -0.140. The molecule has 5 nitrogen and oxygen atoms in total. The highest BCUT2D eigenvalue weighted by Crippen LogP contribution is 2.36. The number of fused-ring (bicyclic) bond motifs is 4. The molecule has 0 spiro atoms. The van der Waals surface area contributed by atoms with Gasteiger partial charge in [0.1, 0.15) is 5.75 Å². The molecule has 1 aliphatic carbocycles. The second-order valence-corrected chi connectivity index (χ2v) is 8.14. The molecule has 0 N–H and O–H groups in total. The zero-order valence-corrected chi connectivity index (χ0v) is 15.9. The Labute approximate surface area is 156 Å². The van der Waals surface area contributed by atoms with Crippen LogP contribution in [0.1, 0.15) is 36.8 Å². The van der Waals surface area contributed by atoms with Gasteiger partial charge >= 0.3 is 0 Å². The third kappa shape index (κ3) is 3.74. The van der Waals surface area contributed by atoms with Crippen molar-refractivity contribution in [1.82, 2.24) is 9.80 Å². The van der Waals surface area contributed by atoms with Crippen molar-refractivity contribution in [3.63, 3.8) is 0 Å². The van der Waals surface area contributed by atoms with Crippen molar-refractivity contribution in [2.24, 2.45) is 11.8 Å². The maximum Gasteiger partial charge on any atom is 0.227 e. The van der Waals surface area contributed by atoms with Crippen molar-refractivity contribution < 1.29 is 14.3 Å². The summed E-state index contributed by atoms with van der Waals surface area (Å²) < 4.78 is 10.7. The van der Waals surface area contributed by atoms with Crippen LogP contribution in [0.2, 0.25) is 0 Å². The van der Waals surface area contributed by atoms with E-state index in [0.717, 1.165) is 56.3 Å². The largest absolute Gasteiger partial charge is 0.496 e. The third-order valence-corrected chi connectivity index (χ3v) is 6.07. The van der Waals surface area contributed by atoms with E-state index in [9.17, 15) is 4.79 Å². The number of hydrogen-bond donors (Lipinski definition) is 0. The summed E-state index contributed by atoms with van der Waals surface area (Å²) >= 11 is 0. The van der Waals surface area contributed by atoms with Gasteiger partial charge in [-0.15, -0.1) is 0 Å². The van der Waals surface area contributed by atoms with Crippen LogP contribution in [0.15, 0.2) is 18.2 Å². The Bertz CT molecular complexity index is 659.